The minimum Gasteiger partial charge on any atom is -0.369 e. The number of hydrogen-bond acceptors (Lipinski definition) is 6. The second-order valence-electron chi connectivity index (χ2n) is 5.29. The highest BCUT2D eigenvalue weighted by atomic mass is 16.5. The maximum Gasteiger partial charge on any atom is 0.258 e. The molecule has 1 fully saturated rings. The first-order valence-corrected chi connectivity index (χ1v) is 6.40. The van der Waals surface area contributed by atoms with E-state index in [1.54, 1.807) is 7.11 Å². The van der Waals surface area contributed by atoms with Crippen LogP contribution in [-0.4, -0.2) is 41.8 Å². The molecular formula is C12H22N4O2. The van der Waals surface area contributed by atoms with Crippen LogP contribution in [0.2, 0.25) is 0 Å². The SMILES string of the molecule is COC(C)(C)c1nc(C(N)CN2CCCC2)no1. The third kappa shape index (κ3) is 2.88. The fraction of sp³-hybridized carbons (Fsp3) is 0.833. The van der Waals surface area contributed by atoms with E-state index < -0.39 is 5.60 Å². The summed E-state index contributed by atoms with van der Waals surface area (Å²) in [5, 5.41) is 3.95. The molecule has 0 spiro atoms. The van der Waals surface area contributed by atoms with Gasteiger partial charge in [0.25, 0.3) is 5.89 Å². The zero-order chi connectivity index (χ0) is 13.2. The number of nitrogens with two attached hydrogens (primary N) is 1. The van der Waals surface area contributed by atoms with Crippen molar-refractivity contribution in [3.63, 3.8) is 0 Å². The van der Waals surface area contributed by atoms with Crippen LogP contribution in [0.5, 0.6) is 0 Å². The summed E-state index contributed by atoms with van der Waals surface area (Å²) in [5.41, 5.74) is 5.53. The standard InChI is InChI=1S/C12H22N4O2/c1-12(2,17-3)11-14-10(15-18-11)9(13)8-16-6-4-5-7-16/h9H,4-8,13H2,1-3H3. The molecule has 0 saturated carbocycles. The first-order chi connectivity index (χ1) is 8.53. The molecule has 2 rings (SSSR count). The molecule has 2 N–H and O–H groups in total. The Morgan fingerprint density at radius 3 is 2.72 bits per heavy atom. The zero-order valence-corrected chi connectivity index (χ0v) is 11.3. The number of aromatic nitrogens is 2. The van der Waals surface area contributed by atoms with Gasteiger partial charge in [0.2, 0.25) is 0 Å². The average Bonchev–Trinajstić information content (AvgIpc) is 2.99. The van der Waals surface area contributed by atoms with Gasteiger partial charge in [-0.15, -0.1) is 0 Å². The lowest BCUT2D eigenvalue weighted by atomic mass is 10.1. The lowest BCUT2D eigenvalue weighted by molar-refractivity contribution is -0.00786. The highest BCUT2D eigenvalue weighted by molar-refractivity contribution is 4.99. The molecule has 18 heavy (non-hydrogen) atoms. The number of methoxy groups -OCH3 is 1. The summed E-state index contributed by atoms with van der Waals surface area (Å²) < 4.78 is 10.5. The van der Waals surface area contributed by atoms with E-state index >= 15 is 0 Å². The summed E-state index contributed by atoms with van der Waals surface area (Å²) in [5.74, 6) is 1.03. The Balaban J connectivity index is 2.00. The van der Waals surface area contributed by atoms with Crippen LogP contribution in [0, 0.1) is 0 Å². The van der Waals surface area contributed by atoms with Crippen molar-refractivity contribution >= 4 is 0 Å². The van der Waals surface area contributed by atoms with Crippen molar-refractivity contribution in [3.8, 4) is 0 Å². The Kier molecular flexibility index (Phi) is 3.99. The van der Waals surface area contributed by atoms with Crippen LogP contribution < -0.4 is 5.73 Å². The summed E-state index contributed by atoms with van der Waals surface area (Å²) in [6.45, 7) is 6.78. The maximum atomic E-state index is 6.11. The molecule has 0 aliphatic carbocycles. The molecule has 1 unspecified atom stereocenters. The van der Waals surface area contributed by atoms with Crippen LogP contribution in [0.25, 0.3) is 0 Å². The topological polar surface area (TPSA) is 77.4 Å². The van der Waals surface area contributed by atoms with Crippen molar-refractivity contribution in [1.29, 1.82) is 0 Å². The number of likely N-dealkylation sites (tertiary alicyclic amines) is 1. The molecule has 0 aromatic carbocycles. The van der Waals surface area contributed by atoms with Crippen molar-refractivity contribution in [2.45, 2.75) is 38.3 Å². The molecule has 102 valence electrons. The first kappa shape index (κ1) is 13.5. The van der Waals surface area contributed by atoms with E-state index in [4.69, 9.17) is 15.0 Å². The van der Waals surface area contributed by atoms with Crippen molar-refractivity contribution < 1.29 is 9.26 Å². The normalized spacial score (nSPS) is 19.3. The second kappa shape index (κ2) is 5.34. The molecular weight excluding hydrogens is 232 g/mol. The largest absolute Gasteiger partial charge is 0.369 e. The lowest BCUT2D eigenvalue weighted by Gasteiger charge is -2.18. The Morgan fingerprint density at radius 1 is 1.44 bits per heavy atom. The van der Waals surface area contributed by atoms with Gasteiger partial charge < -0.3 is 19.9 Å². The van der Waals surface area contributed by atoms with Gasteiger partial charge in [-0.05, 0) is 39.8 Å². The fourth-order valence-electron chi connectivity index (χ4n) is 2.04. The summed E-state index contributed by atoms with van der Waals surface area (Å²) in [7, 11) is 1.62. The van der Waals surface area contributed by atoms with Crippen LogP contribution in [-0.2, 0) is 10.3 Å². The lowest BCUT2D eigenvalue weighted by Crippen LogP contribution is -2.30. The van der Waals surface area contributed by atoms with Crippen molar-refractivity contribution in [3.05, 3.63) is 11.7 Å². The molecule has 1 atom stereocenters. The van der Waals surface area contributed by atoms with Gasteiger partial charge in [-0.2, -0.15) is 4.98 Å². The number of nitrogens with zero attached hydrogens (tertiary/aromatic N) is 3. The summed E-state index contributed by atoms with van der Waals surface area (Å²) in [6.07, 6.45) is 2.50. The van der Waals surface area contributed by atoms with E-state index in [0.717, 1.165) is 19.6 Å². The molecule has 1 aromatic rings. The third-order valence-electron chi connectivity index (χ3n) is 3.45. The monoisotopic (exact) mass is 254 g/mol. The number of rotatable bonds is 5. The minimum atomic E-state index is -0.571. The maximum absolute atomic E-state index is 6.11. The smallest absolute Gasteiger partial charge is 0.258 e. The van der Waals surface area contributed by atoms with E-state index in [9.17, 15) is 0 Å². The Hall–Kier alpha value is -0.980. The predicted molar refractivity (Wildman–Crippen MR) is 66.9 cm³/mol. The Bertz CT molecular complexity index is 385. The number of ether oxygens (including phenoxy) is 1. The summed E-state index contributed by atoms with van der Waals surface area (Å²) in [6, 6.07) is -0.201. The van der Waals surface area contributed by atoms with Gasteiger partial charge >= 0.3 is 0 Å². The first-order valence-electron chi connectivity index (χ1n) is 6.40. The van der Waals surface area contributed by atoms with Crippen molar-refractivity contribution in [1.82, 2.24) is 15.0 Å². The molecule has 0 amide bonds. The van der Waals surface area contributed by atoms with E-state index in [-0.39, 0.29) is 6.04 Å². The average molecular weight is 254 g/mol. The van der Waals surface area contributed by atoms with Crippen LogP contribution in [0.1, 0.15) is 44.4 Å². The van der Waals surface area contributed by atoms with Crippen LogP contribution in [0.15, 0.2) is 4.52 Å². The summed E-state index contributed by atoms with van der Waals surface area (Å²) in [4.78, 5) is 6.68. The van der Waals surface area contributed by atoms with E-state index in [2.05, 4.69) is 15.0 Å². The van der Waals surface area contributed by atoms with Gasteiger partial charge in [-0.1, -0.05) is 5.16 Å². The van der Waals surface area contributed by atoms with Gasteiger partial charge in [-0.3, -0.25) is 0 Å². The van der Waals surface area contributed by atoms with E-state index in [0.29, 0.717) is 11.7 Å². The molecule has 2 heterocycles. The Labute approximate surface area is 107 Å². The molecule has 1 aliphatic heterocycles. The summed E-state index contributed by atoms with van der Waals surface area (Å²) >= 11 is 0. The zero-order valence-electron chi connectivity index (χ0n) is 11.3. The fourth-order valence-corrected chi connectivity index (χ4v) is 2.04. The number of hydrogen-bond donors (Lipinski definition) is 1. The van der Waals surface area contributed by atoms with Gasteiger partial charge in [0.05, 0.1) is 6.04 Å². The molecule has 1 aromatic heterocycles. The van der Waals surface area contributed by atoms with Crippen LogP contribution in [0.4, 0.5) is 0 Å². The second-order valence-corrected chi connectivity index (χ2v) is 5.29. The Morgan fingerprint density at radius 2 is 2.11 bits per heavy atom. The van der Waals surface area contributed by atoms with Gasteiger partial charge in [-0.25, -0.2) is 0 Å². The molecule has 1 aliphatic rings. The molecule has 6 heteroatoms. The van der Waals surface area contributed by atoms with Gasteiger partial charge in [0, 0.05) is 13.7 Å². The van der Waals surface area contributed by atoms with E-state index in [1.165, 1.54) is 12.8 Å². The van der Waals surface area contributed by atoms with Gasteiger partial charge in [0.15, 0.2) is 5.82 Å². The highest BCUT2D eigenvalue weighted by Crippen LogP contribution is 2.23. The van der Waals surface area contributed by atoms with Crippen molar-refractivity contribution in [2.24, 2.45) is 5.73 Å². The molecule has 6 nitrogen and oxygen atoms in total. The minimum absolute atomic E-state index is 0.201. The van der Waals surface area contributed by atoms with Crippen LogP contribution in [0.3, 0.4) is 0 Å². The highest BCUT2D eigenvalue weighted by Gasteiger charge is 2.29. The van der Waals surface area contributed by atoms with E-state index in [1.807, 2.05) is 13.8 Å². The quantitative estimate of drug-likeness (QED) is 0.846. The molecule has 1 saturated heterocycles. The molecule has 0 bridgehead atoms. The predicted octanol–water partition coefficient (Wildman–Crippen LogP) is 1.05. The van der Waals surface area contributed by atoms with Gasteiger partial charge in [0.1, 0.15) is 5.60 Å². The molecule has 0 radical (unpaired) electrons. The third-order valence-corrected chi connectivity index (χ3v) is 3.45. The van der Waals surface area contributed by atoms with Crippen molar-refractivity contribution in [2.75, 3.05) is 26.7 Å². The van der Waals surface area contributed by atoms with Crippen LogP contribution >= 0.6 is 0 Å².